The van der Waals surface area contributed by atoms with Gasteiger partial charge in [-0.2, -0.15) is 0 Å². The zero-order valence-corrected chi connectivity index (χ0v) is 12.7. The summed E-state index contributed by atoms with van der Waals surface area (Å²) < 4.78 is 0. The number of carbonyl (C=O) groups is 1. The van der Waals surface area contributed by atoms with E-state index in [0.29, 0.717) is 12.3 Å². The quantitative estimate of drug-likeness (QED) is 0.922. The van der Waals surface area contributed by atoms with Crippen molar-refractivity contribution in [3.05, 3.63) is 16.1 Å². The van der Waals surface area contributed by atoms with Gasteiger partial charge in [-0.25, -0.2) is 4.98 Å². The lowest BCUT2D eigenvalue weighted by molar-refractivity contribution is -0.138. The molecule has 1 N–H and O–H groups in total. The number of rotatable bonds is 4. The molecule has 1 aromatic rings. The summed E-state index contributed by atoms with van der Waals surface area (Å²) >= 11 is 1.71. The largest absolute Gasteiger partial charge is 0.481 e. The number of hydrogen-bond donors (Lipinski definition) is 1. The Bertz CT molecular complexity index is 451. The van der Waals surface area contributed by atoms with Crippen molar-refractivity contribution in [3.8, 4) is 0 Å². The Balaban J connectivity index is 1.89. The second-order valence-electron chi connectivity index (χ2n) is 6.36. The van der Waals surface area contributed by atoms with Gasteiger partial charge in [0.2, 0.25) is 0 Å². The summed E-state index contributed by atoms with van der Waals surface area (Å²) in [5, 5.41) is 12.1. The molecule has 1 atom stereocenters. The molecular weight excluding hydrogens is 260 g/mol. The fraction of sp³-hybridized carbons (Fsp3) is 0.714. The molecule has 1 unspecified atom stereocenters. The van der Waals surface area contributed by atoms with Gasteiger partial charge in [-0.15, -0.1) is 11.3 Å². The topological polar surface area (TPSA) is 53.4 Å². The Labute approximate surface area is 118 Å². The van der Waals surface area contributed by atoms with Gasteiger partial charge in [0.25, 0.3) is 0 Å². The maximum absolute atomic E-state index is 10.7. The van der Waals surface area contributed by atoms with Crippen LogP contribution in [0.5, 0.6) is 0 Å². The molecule has 5 heteroatoms. The van der Waals surface area contributed by atoms with Crippen LogP contribution in [-0.4, -0.2) is 34.0 Å². The highest BCUT2D eigenvalue weighted by molar-refractivity contribution is 7.09. The van der Waals surface area contributed by atoms with E-state index in [1.54, 1.807) is 11.3 Å². The fourth-order valence-electron chi connectivity index (χ4n) is 2.39. The first-order chi connectivity index (χ1) is 8.84. The number of aromatic nitrogens is 1. The average molecular weight is 282 g/mol. The lowest BCUT2D eigenvalue weighted by atomic mass is 9.93. The summed E-state index contributed by atoms with van der Waals surface area (Å²) in [7, 11) is 0. The Hall–Kier alpha value is -0.940. The summed E-state index contributed by atoms with van der Waals surface area (Å²) in [5.74, 6) is -0.379. The van der Waals surface area contributed by atoms with Crippen LogP contribution in [-0.2, 0) is 16.8 Å². The molecule has 0 saturated carbocycles. The van der Waals surface area contributed by atoms with E-state index < -0.39 is 5.97 Å². The highest BCUT2D eigenvalue weighted by Gasteiger charge is 2.25. The standard InChI is InChI=1S/C14H22N2O2S/c1-14(2,3)11-9-19-12(15-11)8-16-5-4-10(7-16)6-13(17)18/h9-10H,4-8H2,1-3H3,(H,17,18). The second kappa shape index (κ2) is 5.59. The lowest BCUT2D eigenvalue weighted by Gasteiger charge is -2.15. The zero-order valence-electron chi connectivity index (χ0n) is 11.8. The molecule has 0 radical (unpaired) electrons. The molecule has 0 amide bonds. The minimum absolute atomic E-state index is 0.103. The van der Waals surface area contributed by atoms with Crippen molar-refractivity contribution in [2.45, 2.75) is 45.6 Å². The summed E-state index contributed by atoms with van der Waals surface area (Å²) in [6.07, 6.45) is 1.28. The Kier molecular flexibility index (Phi) is 4.26. The number of carboxylic acid groups (broad SMARTS) is 1. The number of nitrogens with zero attached hydrogens (tertiary/aromatic N) is 2. The molecular formula is C14H22N2O2S. The molecule has 106 valence electrons. The fourth-order valence-corrected chi connectivity index (χ4v) is 3.45. The molecule has 1 saturated heterocycles. The minimum Gasteiger partial charge on any atom is -0.481 e. The molecule has 2 heterocycles. The minimum atomic E-state index is -0.684. The van der Waals surface area contributed by atoms with Crippen LogP contribution in [0.2, 0.25) is 0 Å². The van der Waals surface area contributed by atoms with Gasteiger partial charge in [0.1, 0.15) is 5.01 Å². The zero-order chi connectivity index (χ0) is 14.0. The molecule has 2 rings (SSSR count). The predicted octanol–water partition coefficient (Wildman–Crippen LogP) is 2.74. The van der Waals surface area contributed by atoms with Crippen LogP contribution in [0.3, 0.4) is 0 Å². The van der Waals surface area contributed by atoms with Crippen LogP contribution in [0.4, 0.5) is 0 Å². The van der Waals surface area contributed by atoms with Crippen molar-refractivity contribution in [1.82, 2.24) is 9.88 Å². The number of thiazole rings is 1. The van der Waals surface area contributed by atoms with Crippen LogP contribution in [0.25, 0.3) is 0 Å². The van der Waals surface area contributed by atoms with E-state index in [1.807, 2.05) is 0 Å². The van der Waals surface area contributed by atoms with Crippen LogP contribution in [0.1, 0.15) is 44.3 Å². The molecule has 0 aliphatic carbocycles. The number of aliphatic carboxylic acids is 1. The molecule has 0 bridgehead atoms. The maximum Gasteiger partial charge on any atom is 0.303 e. The lowest BCUT2D eigenvalue weighted by Crippen LogP contribution is -2.21. The SMILES string of the molecule is CC(C)(C)c1csc(CN2CCC(CC(=O)O)C2)n1. The van der Waals surface area contributed by atoms with Crippen molar-refractivity contribution in [2.75, 3.05) is 13.1 Å². The van der Waals surface area contributed by atoms with E-state index in [1.165, 1.54) is 0 Å². The van der Waals surface area contributed by atoms with Crippen LogP contribution in [0, 0.1) is 5.92 Å². The van der Waals surface area contributed by atoms with Crippen LogP contribution >= 0.6 is 11.3 Å². The van der Waals surface area contributed by atoms with Crippen molar-refractivity contribution in [1.29, 1.82) is 0 Å². The third kappa shape index (κ3) is 4.01. The van der Waals surface area contributed by atoms with E-state index in [0.717, 1.165) is 36.8 Å². The van der Waals surface area contributed by atoms with Crippen molar-refractivity contribution in [3.63, 3.8) is 0 Å². The summed E-state index contributed by atoms with van der Waals surface area (Å²) in [6, 6.07) is 0. The van der Waals surface area contributed by atoms with Crippen molar-refractivity contribution in [2.24, 2.45) is 5.92 Å². The molecule has 4 nitrogen and oxygen atoms in total. The van der Waals surface area contributed by atoms with Gasteiger partial charge in [0.15, 0.2) is 0 Å². The van der Waals surface area contributed by atoms with E-state index >= 15 is 0 Å². The first kappa shape index (κ1) is 14.5. The Morgan fingerprint density at radius 1 is 1.58 bits per heavy atom. The van der Waals surface area contributed by atoms with E-state index in [9.17, 15) is 4.79 Å². The Morgan fingerprint density at radius 3 is 2.89 bits per heavy atom. The third-order valence-corrected chi connectivity index (χ3v) is 4.35. The average Bonchev–Trinajstić information content (AvgIpc) is 2.86. The smallest absolute Gasteiger partial charge is 0.303 e. The molecule has 0 spiro atoms. The predicted molar refractivity (Wildman–Crippen MR) is 76.5 cm³/mol. The van der Waals surface area contributed by atoms with E-state index in [4.69, 9.17) is 10.1 Å². The van der Waals surface area contributed by atoms with Gasteiger partial charge in [0.05, 0.1) is 12.2 Å². The van der Waals surface area contributed by atoms with Gasteiger partial charge in [0, 0.05) is 23.8 Å². The number of carboxylic acids is 1. The molecule has 1 aromatic heterocycles. The molecule has 0 aromatic carbocycles. The summed E-state index contributed by atoms with van der Waals surface area (Å²) in [6.45, 7) is 9.25. The highest BCUT2D eigenvalue weighted by Crippen LogP contribution is 2.26. The summed E-state index contributed by atoms with van der Waals surface area (Å²) in [5.41, 5.74) is 1.25. The van der Waals surface area contributed by atoms with Crippen molar-refractivity contribution >= 4 is 17.3 Å². The van der Waals surface area contributed by atoms with Gasteiger partial charge in [-0.3, -0.25) is 9.69 Å². The van der Waals surface area contributed by atoms with Gasteiger partial charge < -0.3 is 5.11 Å². The van der Waals surface area contributed by atoms with Gasteiger partial charge >= 0.3 is 5.97 Å². The number of hydrogen-bond acceptors (Lipinski definition) is 4. The van der Waals surface area contributed by atoms with E-state index in [2.05, 4.69) is 31.1 Å². The van der Waals surface area contributed by atoms with Crippen molar-refractivity contribution < 1.29 is 9.90 Å². The first-order valence-electron chi connectivity index (χ1n) is 6.73. The van der Waals surface area contributed by atoms with Crippen LogP contribution < -0.4 is 0 Å². The molecule has 1 aliphatic heterocycles. The molecule has 1 fully saturated rings. The van der Waals surface area contributed by atoms with E-state index in [-0.39, 0.29) is 5.41 Å². The number of likely N-dealkylation sites (tertiary alicyclic amines) is 1. The monoisotopic (exact) mass is 282 g/mol. The third-order valence-electron chi connectivity index (χ3n) is 3.51. The Morgan fingerprint density at radius 2 is 2.32 bits per heavy atom. The highest BCUT2D eigenvalue weighted by atomic mass is 32.1. The van der Waals surface area contributed by atoms with Crippen LogP contribution in [0.15, 0.2) is 5.38 Å². The summed E-state index contributed by atoms with van der Waals surface area (Å²) in [4.78, 5) is 17.7. The maximum atomic E-state index is 10.7. The molecule has 1 aliphatic rings. The first-order valence-corrected chi connectivity index (χ1v) is 7.61. The normalized spacial score (nSPS) is 20.9. The van der Waals surface area contributed by atoms with Gasteiger partial charge in [-0.05, 0) is 18.9 Å². The van der Waals surface area contributed by atoms with Gasteiger partial charge in [-0.1, -0.05) is 20.8 Å². The second-order valence-corrected chi connectivity index (χ2v) is 7.31. The molecule has 19 heavy (non-hydrogen) atoms.